The smallest absolute Gasteiger partial charge is 0.286 e. The number of hydrogen-bond acceptors (Lipinski definition) is 6. The van der Waals surface area contributed by atoms with Crippen molar-refractivity contribution in [1.29, 1.82) is 0 Å². The van der Waals surface area contributed by atoms with Gasteiger partial charge in [0.25, 0.3) is 10.0 Å². The molecule has 0 spiro atoms. The molecule has 4 unspecified atom stereocenters. The molecule has 0 saturated carbocycles. The number of benzene rings is 1. The molecule has 184 valence electrons. The fraction of sp³-hybridized carbons (Fsp3) is 0.636. The number of sulfonamides is 1. The molecule has 4 N–H and O–H groups in total. The number of ether oxygens (including phenoxy) is 1. The number of nitrogens with zero attached hydrogens (tertiary/aromatic N) is 3. The van der Waals surface area contributed by atoms with Crippen molar-refractivity contribution in [1.82, 2.24) is 4.90 Å². The summed E-state index contributed by atoms with van der Waals surface area (Å²) in [4.78, 5) is 6.26. The summed E-state index contributed by atoms with van der Waals surface area (Å²) in [5.41, 5.74) is 14.5. The normalized spacial score (nSPS) is 24.8. The average Bonchev–Trinajstić information content (AvgIpc) is 3.14. The zero-order valence-corrected chi connectivity index (χ0v) is 21.4. The van der Waals surface area contributed by atoms with Crippen LogP contribution in [0.2, 0.25) is 0 Å². The van der Waals surface area contributed by atoms with Gasteiger partial charge in [0.1, 0.15) is 11.1 Å². The number of aryl methyl sites for hydroxylation is 1. The molecule has 0 radical (unpaired) electrons. The fourth-order valence-corrected chi connectivity index (χ4v) is 7.28. The largest absolute Gasteiger partial charge is 0.496 e. The maximum atomic E-state index is 13.2. The summed E-state index contributed by atoms with van der Waals surface area (Å²) in [6.45, 7) is 6.55. The van der Waals surface area contributed by atoms with Gasteiger partial charge < -0.3 is 21.1 Å². The molecule has 3 rings (SSSR count). The first kappa shape index (κ1) is 25.6. The quantitative estimate of drug-likeness (QED) is 0.431. The third kappa shape index (κ3) is 5.93. The molecule has 0 aliphatic carbocycles. The molecule has 2 aliphatic heterocycles. The lowest BCUT2D eigenvalue weighted by atomic mass is 9.90. The zero-order valence-electron chi connectivity index (χ0n) is 19.8. The van der Waals surface area contributed by atoms with Gasteiger partial charge in [0, 0.05) is 25.3 Å². The van der Waals surface area contributed by atoms with E-state index in [2.05, 4.69) is 9.39 Å². The molecule has 1 fully saturated rings. The lowest BCUT2D eigenvalue weighted by Gasteiger charge is -2.34. The van der Waals surface area contributed by atoms with Crippen molar-refractivity contribution in [2.24, 2.45) is 26.8 Å². The first-order chi connectivity index (χ1) is 15.5. The topological polar surface area (TPSA) is 140 Å². The van der Waals surface area contributed by atoms with E-state index in [9.17, 15) is 12.6 Å². The fourth-order valence-electron chi connectivity index (χ4n) is 4.69. The lowest BCUT2D eigenvalue weighted by Crippen LogP contribution is -2.45. The van der Waals surface area contributed by atoms with E-state index in [0.29, 0.717) is 42.1 Å². The van der Waals surface area contributed by atoms with E-state index < -0.39 is 20.8 Å². The van der Waals surface area contributed by atoms with Gasteiger partial charge in [-0.1, -0.05) is 0 Å². The van der Waals surface area contributed by atoms with Gasteiger partial charge in [0.15, 0.2) is 0 Å². The van der Waals surface area contributed by atoms with Crippen LogP contribution < -0.4 is 16.2 Å². The molecule has 2 aliphatic rings. The van der Waals surface area contributed by atoms with Crippen LogP contribution in [0, 0.1) is 26.7 Å². The summed E-state index contributed by atoms with van der Waals surface area (Å²) in [6, 6.07) is 1.59. The molecule has 4 atom stereocenters. The number of aliphatic imine (C=N–C) groups is 1. The second-order valence-corrected chi connectivity index (χ2v) is 12.1. The van der Waals surface area contributed by atoms with Crippen molar-refractivity contribution in [3.8, 4) is 5.75 Å². The van der Waals surface area contributed by atoms with E-state index >= 15 is 0 Å². The van der Waals surface area contributed by atoms with Crippen molar-refractivity contribution in [2.75, 3.05) is 26.0 Å². The number of rotatable bonds is 7. The van der Waals surface area contributed by atoms with Gasteiger partial charge in [-0.2, -0.15) is 8.42 Å². The minimum atomic E-state index is -3.99. The highest BCUT2D eigenvalue weighted by Gasteiger charge is 2.28. The van der Waals surface area contributed by atoms with Gasteiger partial charge in [-0.15, -0.1) is 4.40 Å². The van der Waals surface area contributed by atoms with E-state index in [1.807, 2.05) is 11.8 Å². The Labute approximate surface area is 199 Å². The molecule has 33 heavy (non-hydrogen) atoms. The Morgan fingerprint density at radius 3 is 2.70 bits per heavy atom. The van der Waals surface area contributed by atoms with Crippen LogP contribution in [0.5, 0.6) is 5.75 Å². The summed E-state index contributed by atoms with van der Waals surface area (Å²) in [5, 5.41) is -0.212. The highest BCUT2D eigenvalue weighted by Crippen LogP contribution is 2.32. The van der Waals surface area contributed by atoms with Crippen LogP contribution in [0.3, 0.4) is 0 Å². The van der Waals surface area contributed by atoms with Gasteiger partial charge in [0.2, 0.25) is 5.96 Å². The van der Waals surface area contributed by atoms with Gasteiger partial charge in [-0.05, 0) is 75.1 Å². The standard InChI is InChI=1S/C22H35N5O4S2/c1-14-10-19(31-4)15(2)16(3)21(14)33(29,30)26-22(24)27-8-5-6-17(13-27)11-18(23)12-20-25-7-9-32(20)28/h7,10,17-18,20H,5-6,8-9,11-13,23H2,1-4H3,(H2,24,26). The number of hydrogen-bond donors (Lipinski definition) is 2. The average molecular weight is 498 g/mol. The van der Waals surface area contributed by atoms with Crippen LogP contribution in [0.1, 0.15) is 42.4 Å². The van der Waals surface area contributed by atoms with E-state index in [1.54, 1.807) is 33.2 Å². The Bertz CT molecular complexity index is 1070. The van der Waals surface area contributed by atoms with Crippen molar-refractivity contribution in [2.45, 2.75) is 62.8 Å². The van der Waals surface area contributed by atoms with Crippen LogP contribution in [0.4, 0.5) is 0 Å². The molecule has 9 nitrogen and oxygen atoms in total. The number of nitrogens with two attached hydrogens (primary N) is 2. The van der Waals surface area contributed by atoms with Crippen LogP contribution in [-0.2, 0) is 20.8 Å². The Hall–Kier alpha value is -1.98. The summed E-state index contributed by atoms with van der Waals surface area (Å²) in [6.07, 6.45) is 4.90. The third-order valence-corrected chi connectivity index (χ3v) is 9.44. The Morgan fingerprint density at radius 1 is 1.33 bits per heavy atom. The lowest BCUT2D eigenvalue weighted by molar-refractivity contribution is 0.234. The Kier molecular flexibility index (Phi) is 8.17. The van der Waals surface area contributed by atoms with Crippen LogP contribution in [0.15, 0.2) is 20.4 Å². The molecule has 0 amide bonds. The van der Waals surface area contributed by atoms with Gasteiger partial charge in [0.05, 0.1) is 28.6 Å². The van der Waals surface area contributed by atoms with E-state index in [1.165, 1.54) is 0 Å². The highest BCUT2D eigenvalue weighted by atomic mass is 32.2. The molecular formula is C22H35N5O4S2. The van der Waals surface area contributed by atoms with E-state index in [4.69, 9.17) is 16.2 Å². The molecule has 2 heterocycles. The highest BCUT2D eigenvalue weighted by molar-refractivity contribution is 7.90. The van der Waals surface area contributed by atoms with Crippen LogP contribution >= 0.6 is 0 Å². The van der Waals surface area contributed by atoms with Crippen molar-refractivity contribution >= 4 is 33.0 Å². The van der Waals surface area contributed by atoms with Gasteiger partial charge in [-0.3, -0.25) is 9.20 Å². The zero-order chi connectivity index (χ0) is 24.3. The van der Waals surface area contributed by atoms with Crippen LogP contribution in [0.25, 0.3) is 0 Å². The second kappa shape index (κ2) is 10.5. The first-order valence-electron chi connectivity index (χ1n) is 11.2. The number of methoxy groups -OCH3 is 1. The molecule has 1 saturated heterocycles. The molecule has 1 aromatic carbocycles. The molecule has 1 aromatic rings. The molecule has 11 heteroatoms. The Balaban J connectivity index is 1.71. The minimum Gasteiger partial charge on any atom is -0.496 e. The summed E-state index contributed by atoms with van der Waals surface area (Å²) >= 11 is 0. The summed E-state index contributed by atoms with van der Waals surface area (Å²) in [7, 11) is -3.39. The third-order valence-electron chi connectivity index (χ3n) is 6.47. The van der Waals surface area contributed by atoms with Crippen molar-refractivity contribution in [3.63, 3.8) is 0 Å². The van der Waals surface area contributed by atoms with E-state index in [0.717, 1.165) is 24.8 Å². The summed E-state index contributed by atoms with van der Waals surface area (Å²) < 4.78 is 47.6. The first-order valence-corrected chi connectivity index (χ1v) is 14.0. The van der Waals surface area contributed by atoms with E-state index in [-0.39, 0.29) is 28.2 Å². The summed E-state index contributed by atoms with van der Waals surface area (Å²) in [5.74, 6) is 1.41. The molecule has 0 aromatic heterocycles. The molecular weight excluding hydrogens is 462 g/mol. The van der Waals surface area contributed by atoms with Crippen LogP contribution in [-0.4, -0.2) is 67.1 Å². The maximum absolute atomic E-state index is 13.2. The minimum absolute atomic E-state index is 0.00189. The van der Waals surface area contributed by atoms with Crippen molar-refractivity contribution in [3.05, 3.63) is 22.8 Å². The van der Waals surface area contributed by atoms with Gasteiger partial charge in [-0.25, -0.2) is 0 Å². The maximum Gasteiger partial charge on any atom is 0.286 e. The monoisotopic (exact) mass is 497 g/mol. The predicted octanol–water partition coefficient (Wildman–Crippen LogP) is 1.60. The predicted molar refractivity (Wildman–Crippen MR) is 133 cm³/mol. The number of piperidine rings is 1. The number of likely N-dealkylation sites (tertiary alicyclic amines) is 1. The Morgan fingerprint density at radius 2 is 2.06 bits per heavy atom. The molecule has 0 bridgehead atoms. The second-order valence-electron chi connectivity index (χ2n) is 8.92. The SMILES string of the molecule is COc1cc(C)c(S(=O)(=O)/N=C(\N)N2CCCC(CC(N)CC3N=CCS3=O)C2)c(C)c1C. The van der Waals surface area contributed by atoms with Crippen molar-refractivity contribution < 1.29 is 17.4 Å². The van der Waals surface area contributed by atoms with Gasteiger partial charge >= 0.3 is 0 Å². The number of guanidine groups is 1.